The molecule has 0 bridgehead atoms. The maximum atomic E-state index is 12.1. The van der Waals surface area contributed by atoms with E-state index in [-0.39, 0.29) is 18.7 Å². The number of aromatic nitrogens is 2. The van der Waals surface area contributed by atoms with Crippen molar-refractivity contribution in [2.45, 2.75) is 25.3 Å². The van der Waals surface area contributed by atoms with Crippen LogP contribution in [0.5, 0.6) is 0 Å². The molecule has 0 saturated carbocycles. The van der Waals surface area contributed by atoms with Gasteiger partial charge in [0.15, 0.2) is 0 Å². The van der Waals surface area contributed by atoms with Crippen molar-refractivity contribution in [2.24, 2.45) is 0 Å². The molecule has 2 amide bonds. The maximum absolute atomic E-state index is 12.1. The Kier molecular flexibility index (Phi) is 4.87. The Bertz CT molecular complexity index is 644. The van der Waals surface area contributed by atoms with E-state index in [2.05, 4.69) is 15.5 Å². The van der Waals surface area contributed by atoms with Gasteiger partial charge in [-0.3, -0.25) is 0 Å². The molecule has 1 aromatic heterocycles. The molecule has 1 aromatic carbocycles. The lowest BCUT2D eigenvalue weighted by atomic mass is 10.2. The van der Waals surface area contributed by atoms with Crippen LogP contribution in [0.3, 0.4) is 0 Å². The predicted octanol–water partition coefficient (Wildman–Crippen LogP) is 1.45. The lowest BCUT2D eigenvalue weighted by molar-refractivity contribution is 0.157. The van der Waals surface area contributed by atoms with Crippen LogP contribution in [0.4, 0.5) is 4.79 Å². The fraction of sp³-hybridized carbons (Fsp3) is 0.438. The van der Waals surface area contributed by atoms with Gasteiger partial charge in [0, 0.05) is 25.1 Å². The topological polar surface area (TPSA) is 91.5 Å². The number of likely N-dealkylation sites (tertiary alicyclic amines) is 1. The van der Waals surface area contributed by atoms with E-state index in [9.17, 15) is 9.90 Å². The molecule has 23 heavy (non-hydrogen) atoms. The minimum Gasteiger partial charge on any atom is -0.421 e. The van der Waals surface area contributed by atoms with Gasteiger partial charge in [0.25, 0.3) is 0 Å². The van der Waals surface area contributed by atoms with Crippen molar-refractivity contribution in [3.63, 3.8) is 0 Å². The number of hydrogen-bond donors (Lipinski definition) is 2. The third-order valence-corrected chi connectivity index (χ3v) is 3.95. The van der Waals surface area contributed by atoms with E-state index >= 15 is 0 Å². The first-order valence-corrected chi connectivity index (χ1v) is 7.81. The summed E-state index contributed by atoms with van der Waals surface area (Å²) >= 11 is 0. The van der Waals surface area contributed by atoms with Gasteiger partial charge in [0.2, 0.25) is 11.8 Å². The molecule has 122 valence electrons. The third kappa shape index (κ3) is 3.68. The van der Waals surface area contributed by atoms with Crippen molar-refractivity contribution in [3.05, 3.63) is 36.2 Å². The van der Waals surface area contributed by atoms with Gasteiger partial charge in [-0.05, 0) is 25.0 Å². The average molecular weight is 316 g/mol. The second-order valence-corrected chi connectivity index (χ2v) is 5.52. The van der Waals surface area contributed by atoms with Gasteiger partial charge in [0.05, 0.1) is 12.6 Å². The fourth-order valence-corrected chi connectivity index (χ4v) is 2.72. The maximum Gasteiger partial charge on any atom is 0.317 e. The Morgan fingerprint density at radius 1 is 1.35 bits per heavy atom. The first kappa shape index (κ1) is 15.5. The summed E-state index contributed by atoms with van der Waals surface area (Å²) in [5, 5.41) is 20.1. The summed E-state index contributed by atoms with van der Waals surface area (Å²) in [6.45, 7) is 1.12. The Hall–Kier alpha value is -2.41. The number of benzene rings is 1. The zero-order valence-electron chi connectivity index (χ0n) is 12.8. The van der Waals surface area contributed by atoms with Gasteiger partial charge in [-0.15, -0.1) is 10.2 Å². The van der Waals surface area contributed by atoms with Crippen molar-refractivity contribution >= 4 is 6.03 Å². The van der Waals surface area contributed by atoms with E-state index in [0.717, 1.165) is 18.4 Å². The van der Waals surface area contributed by atoms with Crippen LogP contribution in [0.2, 0.25) is 0 Å². The van der Waals surface area contributed by atoms with Gasteiger partial charge in [-0.2, -0.15) is 0 Å². The quantitative estimate of drug-likeness (QED) is 0.871. The highest BCUT2D eigenvalue weighted by atomic mass is 16.4. The lowest BCUT2D eigenvalue weighted by Gasteiger charge is -2.23. The lowest BCUT2D eigenvalue weighted by Crippen LogP contribution is -2.44. The second-order valence-electron chi connectivity index (χ2n) is 5.52. The molecule has 7 heteroatoms. The van der Waals surface area contributed by atoms with E-state index in [1.807, 2.05) is 30.3 Å². The Morgan fingerprint density at radius 2 is 2.17 bits per heavy atom. The van der Waals surface area contributed by atoms with Crippen molar-refractivity contribution in [1.82, 2.24) is 20.4 Å². The minimum absolute atomic E-state index is 0.0114. The largest absolute Gasteiger partial charge is 0.421 e. The number of carbonyl (C=O) groups excluding carboxylic acids is 1. The Balaban J connectivity index is 1.49. The first-order valence-electron chi connectivity index (χ1n) is 7.81. The molecule has 1 saturated heterocycles. The zero-order valence-corrected chi connectivity index (χ0v) is 12.8. The highest BCUT2D eigenvalue weighted by molar-refractivity contribution is 5.74. The van der Waals surface area contributed by atoms with Crippen molar-refractivity contribution in [2.75, 3.05) is 19.7 Å². The van der Waals surface area contributed by atoms with E-state index in [4.69, 9.17) is 4.42 Å². The molecular weight excluding hydrogens is 296 g/mol. The van der Waals surface area contributed by atoms with Crippen LogP contribution < -0.4 is 5.32 Å². The van der Waals surface area contributed by atoms with Gasteiger partial charge in [-0.1, -0.05) is 18.2 Å². The second kappa shape index (κ2) is 7.23. The van der Waals surface area contributed by atoms with Gasteiger partial charge >= 0.3 is 6.03 Å². The fourth-order valence-electron chi connectivity index (χ4n) is 2.72. The average Bonchev–Trinajstić information content (AvgIpc) is 3.24. The summed E-state index contributed by atoms with van der Waals surface area (Å²) in [7, 11) is 0. The molecule has 7 nitrogen and oxygen atoms in total. The number of urea groups is 1. The molecular formula is C16H20N4O3. The highest BCUT2D eigenvalue weighted by Gasteiger charge is 2.27. The van der Waals surface area contributed by atoms with E-state index in [1.165, 1.54) is 0 Å². The summed E-state index contributed by atoms with van der Waals surface area (Å²) in [6.07, 6.45) is 2.26. The van der Waals surface area contributed by atoms with Crippen LogP contribution in [-0.4, -0.2) is 52.0 Å². The summed E-state index contributed by atoms with van der Waals surface area (Å²) in [5.74, 6) is 0.969. The molecule has 0 aliphatic carbocycles. The third-order valence-electron chi connectivity index (χ3n) is 3.95. The van der Waals surface area contributed by atoms with Crippen molar-refractivity contribution < 1.29 is 14.3 Å². The number of hydrogen-bond acceptors (Lipinski definition) is 5. The van der Waals surface area contributed by atoms with Gasteiger partial charge in [-0.25, -0.2) is 4.79 Å². The first-order chi connectivity index (χ1) is 11.3. The highest BCUT2D eigenvalue weighted by Crippen LogP contribution is 2.17. The van der Waals surface area contributed by atoms with Crippen LogP contribution in [0, 0.1) is 0 Å². The summed E-state index contributed by atoms with van der Waals surface area (Å²) < 4.78 is 5.59. The molecule has 2 heterocycles. The standard InChI is InChI=1S/C16H20N4O3/c21-11-13-7-4-10-20(13)16(22)17-9-8-14-18-19-15(23-14)12-5-2-1-3-6-12/h1-3,5-6,13,21H,4,7-11H2,(H,17,22)/t13-/m1/s1. The number of nitrogens with zero attached hydrogens (tertiary/aromatic N) is 3. The number of aliphatic hydroxyl groups is 1. The number of nitrogens with one attached hydrogen (secondary N) is 1. The molecule has 1 atom stereocenters. The normalized spacial score (nSPS) is 17.4. The smallest absolute Gasteiger partial charge is 0.317 e. The Labute approximate surface area is 134 Å². The minimum atomic E-state index is -0.149. The molecule has 1 fully saturated rings. The van der Waals surface area contributed by atoms with Gasteiger partial charge < -0.3 is 19.7 Å². The molecule has 3 rings (SSSR count). The van der Waals surface area contributed by atoms with Crippen LogP contribution in [-0.2, 0) is 6.42 Å². The monoisotopic (exact) mass is 316 g/mol. The van der Waals surface area contributed by atoms with E-state index in [0.29, 0.717) is 31.3 Å². The van der Waals surface area contributed by atoms with Crippen LogP contribution in [0.25, 0.3) is 11.5 Å². The predicted molar refractivity (Wildman–Crippen MR) is 83.7 cm³/mol. The molecule has 2 aromatic rings. The van der Waals surface area contributed by atoms with Gasteiger partial charge in [0.1, 0.15) is 0 Å². The molecule has 2 N–H and O–H groups in total. The van der Waals surface area contributed by atoms with Crippen molar-refractivity contribution in [3.8, 4) is 11.5 Å². The van der Waals surface area contributed by atoms with Crippen LogP contribution in [0.1, 0.15) is 18.7 Å². The molecule has 0 unspecified atom stereocenters. The summed E-state index contributed by atoms with van der Waals surface area (Å²) in [6, 6.07) is 9.34. The van der Waals surface area contributed by atoms with Crippen LogP contribution in [0.15, 0.2) is 34.7 Å². The Morgan fingerprint density at radius 3 is 2.96 bits per heavy atom. The summed E-state index contributed by atoms with van der Waals surface area (Å²) in [5.41, 5.74) is 0.873. The number of carbonyl (C=O) groups is 1. The number of amides is 2. The van der Waals surface area contributed by atoms with Crippen LogP contribution >= 0.6 is 0 Å². The molecule has 1 aliphatic rings. The number of aliphatic hydroxyl groups excluding tert-OH is 1. The van der Waals surface area contributed by atoms with E-state index < -0.39 is 0 Å². The molecule has 0 radical (unpaired) electrons. The SMILES string of the molecule is O=C(NCCc1nnc(-c2ccccc2)o1)N1CCC[C@@H]1CO. The molecule has 0 spiro atoms. The van der Waals surface area contributed by atoms with Crippen molar-refractivity contribution in [1.29, 1.82) is 0 Å². The van der Waals surface area contributed by atoms with E-state index in [1.54, 1.807) is 4.90 Å². The summed E-state index contributed by atoms with van der Waals surface area (Å²) in [4.78, 5) is 13.8. The number of rotatable bonds is 5. The molecule has 1 aliphatic heterocycles. The zero-order chi connectivity index (χ0) is 16.1.